The second-order valence-electron chi connectivity index (χ2n) is 7.96. The average molecular weight is 493 g/mol. The first kappa shape index (κ1) is 22.5. The molecule has 1 saturated heterocycles. The Morgan fingerprint density at radius 1 is 1.06 bits per heavy atom. The van der Waals surface area contributed by atoms with Gasteiger partial charge in [0.25, 0.3) is 5.91 Å². The van der Waals surface area contributed by atoms with Crippen LogP contribution in [0.1, 0.15) is 15.2 Å². The van der Waals surface area contributed by atoms with E-state index in [4.69, 9.17) is 9.72 Å². The van der Waals surface area contributed by atoms with E-state index in [9.17, 15) is 9.59 Å². The fourth-order valence-electron chi connectivity index (χ4n) is 3.81. The van der Waals surface area contributed by atoms with Crippen LogP contribution in [0, 0.1) is 0 Å². The van der Waals surface area contributed by atoms with Crippen molar-refractivity contribution < 1.29 is 14.3 Å². The first-order valence-corrected chi connectivity index (χ1v) is 12.8. The van der Waals surface area contributed by atoms with Gasteiger partial charge < -0.3 is 20.3 Å². The van der Waals surface area contributed by atoms with Gasteiger partial charge in [-0.2, -0.15) is 0 Å². The number of thiazole rings is 1. The summed E-state index contributed by atoms with van der Waals surface area (Å²) in [7, 11) is 0. The van der Waals surface area contributed by atoms with Crippen LogP contribution in [0.5, 0.6) is 0 Å². The lowest BCUT2D eigenvalue weighted by Gasteiger charge is -2.25. The van der Waals surface area contributed by atoms with Gasteiger partial charge in [-0.25, -0.2) is 4.98 Å². The molecule has 2 N–H and O–H groups in total. The Balaban J connectivity index is 1.33. The molecule has 0 aliphatic carbocycles. The Labute approximate surface area is 205 Å². The van der Waals surface area contributed by atoms with Crippen LogP contribution in [0.25, 0.3) is 10.2 Å². The molecule has 2 aromatic heterocycles. The summed E-state index contributed by atoms with van der Waals surface area (Å²) in [6.07, 6.45) is 0.397. The third-order valence-corrected chi connectivity index (χ3v) is 7.52. The molecule has 0 bridgehead atoms. The summed E-state index contributed by atoms with van der Waals surface area (Å²) in [4.78, 5) is 33.5. The third-order valence-electron chi connectivity index (χ3n) is 5.58. The molecule has 2 amide bonds. The number of thiophene rings is 1. The summed E-state index contributed by atoms with van der Waals surface area (Å²) < 4.78 is 6.43. The number of rotatable bonds is 7. The predicted octanol–water partition coefficient (Wildman–Crippen LogP) is 4.17. The minimum absolute atomic E-state index is 0.251. The molecule has 1 aliphatic rings. The van der Waals surface area contributed by atoms with Gasteiger partial charge in [0.15, 0.2) is 5.13 Å². The summed E-state index contributed by atoms with van der Waals surface area (Å²) >= 11 is 2.95. The minimum Gasteiger partial charge on any atom is -0.378 e. The molecular formula is C25H24N4O3S2. The fourth-order valence-corrected chi connectivity index (χ4v) is 5.49. The number of amides is 2. The third kappa shape index (κ3) is 5.27. The van der Waals surface area contributed by atoms with Crippen molar-refractivity contribution in [2.45, 2.75) is 12.5 Å². The molecule has 174 valence electrons. The molecule has 0 unspecified atom stereocenters. The molecule has 0 spiro atoms. The van der Waals surface area contributed by atoms with Gasteiger partial charge in [-0.3, -0.25) is 9.59 Å². The Bertz CT molecular complexity index is 1270. The maximum Gasteiger partial charge on any atom is 0.262 e. The molecule has 1 atom stereocenters. The quantitative estimate of drug-likeness (QED) is 0.405. The van der Waals surface area contributed by atoms with E-state index in [1.807, 2.05) is 60.0 Å². The monoisotopic (exact) mass is 492 g/mol. The smallest absolute Gasteiger partial charge is 0.262 e. The zero-order valence-electron chi connectivity index (χ0n) is 18.4. The SMILES string of the molecule is O=C(N[C@@H](Cc1ccccc1)C(=O)Nc1ccc2nc(N3CCOCC3)sc2c1)c1cccs1. The van der Waals surface area contributed by atoms with Crippen LogP contribution >= 0.6 is 22.7 Å². The molecule has 7 nitrogen and oxygen atoms in total. The van der Waals surface area contributed by atoms with Gasteiger partial charge in [0, 0.05) is 25.2 Å². The summed E-state index contributed by atoms with van der Waals surface area (Å²) in [5.74, 6) is -0.509. The minimum atomic E-state index is -0.710. The average Bonchev–Trinajstić information content (AvgIpc) is 3.55. The van der Waals surface area contributed by atoms with Gasteiger partial charge in [-0.05, 0) is 35.2 Å². The van der Waals surface area contributed by atoms with Crippen molar-refractivity contribution in [2.75, 3.05) is 36.5 Å². The number of benzene rings is 2. The number of hydrogen-bond acceptors (Lipinski definition) is 7. The Morgan fingerprint density at radius 2 is 1.88 bits per heavy atom. The second kappa shape index (κ2) is 10.3. The maximum absolute atomic E-state index is 13.3. The lowest BCUT2D eigenvalue weighted by molar-refractivity contribution is -0.118. The Morgan fingerprint density at radius 3 is 2.65 bits per heavy atom. The number of anilines is 2. The topological polar surface area (TPSA) is 83.6 Å². The van der Waals surface area contributed by atoms with Crippen LogP contribution in [-0.4, -0.2) is 49.1 Å². The van der Waals surface area contributed by atoms with Crippen molar-refractivity contribution in [1.29, 1.82) is 0 Å². The summed E-state index contributed by atoms with van der Waals surface area (Å²) in [5, 5.41) is 8.70. The van der Waals surface area contributed by atoms with E-state index in [0.29, 0.717) is 30.2 Å². The lowest BCUT2D eigenvalue weighted by Crippen LogP contribution is -2.45. The second-order valence-corrected chi connectivity index (χ2v) is 9.92. The van der Waals surface area contributed by atoms with E-state index in [1.165, 1.54) is 11.3 Å². The molecule has 0 radical (unpaired) electrons. The van der Waals surface area contributed by atoms with Gasteiger partial charge in [0.1, 0.15) is 6.04 Å². The largest absolute Gasteiger partial charge is 0.378 e. The molecule has 9 heteroatoms. The Hall–Kier alpha value is -3.27. The van der Waals surface area contributed by atoms with Crippen LogP contribution < -0.4 is 15.5 Å². The number of morpholine rings is 1. The van der Waals surface area contributed by atoms with Crippen LogP contribution in [0.3, 0.4) is 0 Å². The highest BCUT2D eigenvalue weighted by Crippen LogP contribution is 2.31. The standard InChI is InChI=1S/C25H24N4O3S2/c30-23(20(15-17-5-2-1-3-6-17)27-24(31)21-7-4-14-33-21)26-18-8-9-19-22(16-18)34-25(28-19)29-10-12-32-13-11-29/h1-9,14,16,20H,10-13,15H2,(H,26,30)(H,27,31)/t20-/m0/s1. The van der Waals surface area contributed by atoms with Gasteiger partial charge in [-0.15, -0.1) is 11.3 Å². The van der Waals surface area contributed by atoms with Crippen LogP contribution in [-0.2, 0) is 16.0 Å². The summed E-state index contributed by atoms with van der Waals surface area (Å²) in [6.45, 7) is 3.07. The number of aromatic nitrogens is 1. The van der Waals surface area contributed by atoms with Gasteiger partial charge in [0.05, 0.1) is 28.3 Å². The molecule has 2 aromatic carbocycles. The molecule has 1 fully saturated rings. The zero-order valence-corrected chi connectivity index (χ0v) is 20.0. The number of nitrogens with one attached hydrogen (secondary N) is 2. The first-order chi connectivity index (χ1) is 16.7. The zero-order chi connectivity index (χ0) is 23.3. The summed E-state index contributed by atoms with van der Waals surface area (Å²) in [5.41, 5.74) is 2.55. The fraction of sp³-hybridized carbons (Fsp3) is 0.240. The normalized spacial score (nSPS) is 14.6. The van der Waals surface area contributed by atoms with E-state index in [-0.39, 0.29) is 11.8 Å². The van der Waals surface area contributed by atoms with Crippen LogP contribution in [0.2, 0.25) is 0 Å². The molecule has 3 heterocycles. The van der Waals surface area contributed by atoms with Gasteiger partial charge in [0.2, 0.25) is 5.91 Å². The lowest BCUT2D eigenvalue weighted by atomic mass is 10.0. The van der Waals surface area contributed by atoms with E-state index in [2.05, 4.69) is 15.5 Å². The highest BCUT2D eigenvalue weighted by molar-refractivity contribution is 7.22. The van der Waals surface area contributed by atoms with Crippen molar-refractivity contribution >= 4 is 55.5 Å². The van der Waals surface area contributed by atoms with Crippen molar-refractivity contribution in [2.24, 2.45) is 0 Å². The van der Waals surface area contributed by atoms with Crippen LogP contribution in [0.4, 0.5) is 10.8 Å². The number of carbonyl (C=O) groups is 2. The number of fused-ring (bicyclic) bond motifs is 1. The van der Waals surface area contributed by atoms with Crippen LogP contribution in [0.15, 0.2) is 66.0 Å². The van der Waals surface area contributed by atoms with E-state index < -0.39 is 6.04 Å². The molecule has 34 heavy (non-hydrogen) atoms. The molecule has 0 saturated carbocycles. The van der Waals surface area contributed by atoms with Crippen molar-refractivity contribution in [3.63, 3.8) is 0 Å². The van der Waals surface area contributed by atoms with Crippen molar-refractivity contribution in [3.8, 4) is 0 Å². The number of carbonyl (C=O) groups excluding carboxylic acids is 2. The Kier molecular flexibility index (Phi) is 6.84. The number of ether oxygens (including phenoxy) is 1. The van der Waals surface area contributed by atoms with Crippen molar-refractivity contribution in [3.05, 3.63) is 76.5 Å². The maximum atomic E-state index is 13.3. The molecule has 1 aliphatic heterocycles. The number of nitrogens with zero attached hydrogens (tertiary/aromatic N) is 2. The molecular weight excluding hydrogens is 468 g/mol. The van der Waals surface area contributed by atoms with Gasteiger partial charge >= 0.3 is 0 Å². The summed E-state index contributed by atoms with van der Waals surface area (Å²) in [6, 6.07) is 18.3. The molecule has 4 aromatic rings. The van der Waals surface area contributed by atoms with Crippen molar-refractivity contribution in [1.82, 2.24) is 10.3 Å². The highest BCUT2D eigenvalue weighted by Gasteiger charge is 2.23. The number of hydrogen-bond donors (Lipinski definition) is 2. The molecule has 5 rings (SSSR count). The van der Waals surface area contributed by atoms with E-state index >= 15 is 0 Å². The van der Waals surface area contributed by atoms with E-state index in [1.54, 1.807) is 17.4 Å². The highest BCUT2D eigenvalue weighted by atomic mass is 32.1. The first-order valence-electron chi connectivity index (χ1n) is 11.1. The van der Waals surface area contributed by atoms with E-state index in [0.717, 1.165) is 34.0 Å². The predicted molar refractivity (Wildman–Crippen MR) is 137 cm³/mol. The van der Waals surface area contributed by atoms with Gasteiger partial charge in [-0.1, -0.05) is 47.7 Å².